The Bertz CT molecular complexity index is 625. The standard InChI is InChI=1S/C18H21NO3/c1-14-5-2-3-7-16(14)13-22-17-8-4-6-15(11-17)12-19-10-9-18(20)21/h2-8,11,19H,9-10,12-13H2,1H3,(H,20,21). The molecule has 0 aromatic heterocycles. The third-order valence-electron chi connectivity index (χ3n) is 3.40. The van der Waals surface area contributed by atoms with E-state index < -0.39 is 5.97 Å². The predicted octanol–water partition coefficient (Wildman–Crippen LogP) is 3.14. The predicted molar refractivity (Wildman–Crippen MR) is 85.9 cm³/mol. The van der Waals surface area contributed by atoms with Crippen LogP contribution in [0.1, 0.15) is 23.1 Å². The summed E-state index contributed by atoms with van der Waals surface area (Å²) in [5.41, 5.74) is 3.47. The molecule has 4 nitrogen and oxygen atoms in total. The molecule has 116 valence electrons. The summed E-state index contributed by atoms with van der Waals surface area (Å²) in [5.74, 6) is 0.0311. The van der Waals surface area contributed by atoms with Crippen LogP contribution in [-0.4, -0.2) is 17.6 Å². The summed E-state index contributed by atoms with van der Waals surface area (Å²) in [7, 11) is 0. The zero-order valence-electron chi connectivity index (χ0n) is 12.7. The smallest absolute Gasteiger partial charge is 0.304 e. The van der Waals surface area contributed by atoms with Gasteiger partial charge in [0.05, 0.1) is 6.42 Å². The van der Waals surface area contributed by atoms with Gasteiger partial charge in [0, 0.05) is 13.1 Å². The number of carboxylic acids is 1. The average molecular weight is 299 g/mol. The molecule has 2 aromatic rings. The molecule has 0 aliphatic rings. The first-order valence-corrected chi connectivity index (χ1v) is 7.34. The zero-order chi connectivity index (χ0) is 15.8. The maximum Gasteiger partial charge on any atom is 0.304 e. The number of hydrogen-bond acceptors (Lipinski definition) is 3. The van der Waals surface area contributed by atoms with Gasteiger partial charge in [-0.15, -0.1) is 0 Å². The fraction of sp³-hybridized carbons (Fsp3) is 0.278. The minimum Gasteiger partial charge on any atom is -0.489 e. The van der Waals surface area contributed by atoms with E-state index in [0.29, 0.717) is 19.7 Å². The lowest BCUT2D eigenvalue weighted by Gasteiger charge is -2.10. The Morgan fingerprint density at radius 3 is 2.77 bits per heavy atom. The van der Waals surface area contributed by atoms with E-state index in [-0.39, 0.29) is 6.42 Å². The molecule has 22 heavy (non-hydrogen) atoms. The van der Waals surface area contributed by atoms with Crippen molar-refractivity contribution in [1.82, 2.24) is 5.32 Å². The van der Waals surface area contributed by atoms with Crippen LogP contribution in [0.2, 0.25) is 0 Å². The minimum absolute atomic E-state index is 0.128. The van der Waals surface area contributed by atoms with Crippen LogP contribution in [0, 0.1) is 6.92 Å². The van der Waals surface area contributed by atoms with Crippen LogP contribution < -0.4 is 10.1 Å². The van der Waals surface area contributed by atoms with E-state index in [1.165, 1.54) is 11.1 Å². The molecule has 4 heteroatoms. The van der Waals surface area contributed by atoms with Crippen molar-refractivity contribution in [3.8, 4) is 5.75 Å². The molecule has 0 aliphatic heterocycles. The number of hydrogen-bond donors (Lipinski definition) is 2. The molecule has 0 radical (unpaired) electrons. The number of aryl methyl sites for hydroxylation is 1. The molecular formula is C18H21NO3. The van der Waals surface area contributed by atoms with Gasteiger partial charge in [-0.25, -0.2) is 0 Å². The van der Waals surface area contributed by atoms with Gasteiger partial charge >= 0.3 is 5.97 Å². The van der Waals surface area contributed by atoms with Crippen molar-refractivity contribution in [2.75, 3.05) is 6.54 Å². The number of carboxylic acid groups (broad SMARTS) is 1. The summed E-state index contributed by atoms with van der Waals surface area (Å²) in [5, 5.41) is 11.7. The molecular weight excluding hydrogens is 278 g/mol. The van der Waals surface area contributed by atoms with Crippen LogP contribution in [0.4, 0.5) is 0 Å². The molecule has 0 atom stereocenters. The number of benzene rings is 2. The van der Waals surface area contributed by atoms with Gasteiger partial charge in [0.25, 0.3) is 0 Å². The summed E-state index contributed by atoms with van der Waals surface area (Å²) >= 11 is 0. The van der Waals surface area contributed by atoms with Gasteiger partial charge in [-0.3, -0.25) is 4.79 Å². The maximum absolute atomic E-state index is 10.5. The van der Waals surface area contributed by atoms with Gasteiger partial charge in [0.2, 0.25) is 0 Å². The van der Waals surface area contributed by atoms with Gasteiger partial charge < -0.3 is 15.2 Å². The van der Waals surface area contributed by atoms with E-state index >= 15 is 0 Å². The van der Waals surface area contributed by atoms with Crippen molar-refractivity contribution >= 4 is 5.97 Å². The Hall–Kier alpha value is -2.33. The lowest BCUT2D eigenvalue weighted by molar-refractivity contribution is -0.136. The molecule has 2 rings (SSSR count). The zero-order valence-corrected chi connectivity index (χ0v) is 12.7. The average Bonchev–Trinajstić information content (AvgIpc) is 2.51. The van der Waals surface area contributed by atoms with Crippen molar-refractivity contribution < 1.29 is 14.6 Å². The quantitative estimate of drug-likeness (QED) is 0.735. The normalized spacial score (nSPS) is 10.4. The molecule has 0 saturated heterocycles. The fourth-order valence-corrected chi connectivity index (χ4v) is 2.11. The Morgan fingerprint density at radius 2 is 2.00 bits per heavy atom. The topological polar surface area (TPSA) is 58.6 Å². The molecule has 0 heterocycles. The molecule has 0 bridgehead atoms. The van der Waals surface area contributed by atoms with Crippen molar-refractivity contribution in [2.45, 2.75) is 26.5 Å². The van der Waals surface area contributed by atoms with Crippen LogP contribution in [0.5, 0.6) is 5.75 Å². The number of rotatable bonds is 8. The number of aliphatic carboxylic acids is 1. The number of ether oxygens (including phenoxy) is 1. The third-order valence-corrected chi connectivity index (χ3v) is 3.40. The molecule has 0 unspecified atom stereocenters. The molecule has 2 aromatic carbocycles. The molecule has 0 saturated carbocycles. The summed E-state index contributed by atoms with van der Waals surface area (Å²) < 4.78 is 5.84. The highest BCUT2D eigenvalue weighted by atomic mass is 16.5. The van der Waals surface area contributed by atoms with E-state index in [2.05, 4.69) is 24.4 Å². The second kappa shape index (κ2) is 8.20. The lowest BCUT2D eigenvalue weighted by Crippen LogP contribution is -2.17. The van der Waals surface area contributed by atoms with Crippen LogP contribution >= 0.6 is 0 Å². The first-order valence-electron chi connectivity index (χ1n) is 7.34. The van der Waals surface area contributed by atoms with Crippen LogP contribution in [0.25, 0.3) is 0 Å². The first kappa shape index (κ1) is 16.0. The second-order valence-electron chi connectivity index (χ2n) is 5.18. The summed E-state index contributed by atoms with van der Waals surface area (Å²) in [6, 6.07) is 16.0. The Kier molecular flexibility index (Phi) is 5.98. The molecule has 2 N–H and O–H groups in total. The van der Waals surface area contributed by atoms with E-state index in [9.17, 15) is 4.79 Å². The van der Waals surface area contributed by atoms with E-state index in [1.807, 2.05) is 36.4 Å². The van der Waals surface area contributed by atoms with E-state index in [0.717, 1.165) is 11.3 Å². The number of carbonyl (C=O) groups is 1. The summed E-state index contributed by atoms with van der Waals surface area (Å²) in [6.07, 6.45) is 0.128. The Labute approximate surface area is 130 Å². The summed E-state index contributed by atoms with van der Waals surface area (Å²) in [6.45, 7) is 3.71. The monoisotopic (exact) mass is 299 g/mol. The summed E-state index contributed by atoms with van der Waals surface area (Å²) in [4.78, 5) is 10.5. The first-order chi connectivity index (χ1) is 10.6. The Morgan fingerprint density at radius 1 is 1.18 bits per heavy atom. The van der Waals surface area contributed by atoms with Crippen LogP contribution in [-0.2, 0) is 17.9 Å². The second-order valence-corrected chi connectivity index (χ2v) is 5.18. The Balaban J connectivity index is 1.86. The SMILES string of the molecule is Cc1ccccc1COc1cccc(CNCCC(=O)O)c1. The van der Waals surface area contributed by atoms with Crippen molar-refractivity contribution in [3.05, 3.63) is 65.2 Å². The van der Waals surface area contributed by atoms with E-state index in [1.54, 1.807) is 0 Å². The molecule has 0 fully saturated rings. The molecule has 0 aliphatic carbocycles. The van der Waals surface area contributed by atoms with Gasteiger partial charge in [0.15, 0.2) is 0 Å². The van der Waals surface area contributed by atoms with Crippen molar-refractivity contribution in [3.63, 3.8) is 0 Å². The number of nitrogens with one attached hydrogen (secondary N) is 1. The fourth-order valence-electron chi connectivity index (χ4n) is 2.11. The lowest BCUT2D eigenvalue weighted by atomic mass is 10.1. The van der Waals surface area contributed by atoms with Gasteiger partial charge in [-0.2, -0.15) is 0 Å². The van der Waals surface area contributed by atoms with Gasteiger partial charge in [-0.1, -0.05) is 36.4 Å². The van der Waals surface area contributed by atoms with Gasteiger partial charge in [0.1, 0.15) is 12.4 Å². The molecule has 0 spiro atoms. The third kappa shape index (κ3) is 5.22. The van der Waals surface area contributed by atoms with Crippen molar-refractivity contribution in [2.24, 2.45) is 0 Å². The van der Waals surface area contributed by atoms with Crippen molar-refractivity contribution in [1.29, 1.82) is 0 Å². The highest BCUT2D eigenvalue weighted by Gasteiger charge is 2.01. The van der Waals surface area contributed by atoms with E-state index in [4.69, 9.17) is 9.84 Å². The van der Waals surface area contributed by atoms with Gasteiger partial charge in [-0.05, 0) is 35.7 Å². The highest BCUT2D eigenvalue weighted by Crippen LogP contribution is 2.16. The van der Waals surface area contributed by atoms with Crippen LogP contribution in [0.3, 0.4) is 0 Å². The minimum atomic E-state index is -0.789. The largest absolute Gasteiger partial charge is 0.489 e. The molecule has 0 amide bonds. The maximum atomic E-state index is 10.5. The van der Waals surface area contributed by atoms with Crippen LogP contribution in [0.15, 0.2) is 48.5 Å². The highest BCUT2D eigenvalue weighted by molar-refractivity contribution is 5.66.